The van der Waals surface area contributed by atoms with Gasteiger partial charge in [0, 0.05) is 0 Å². The van der Waals surface area contributed by atoms with Gasteiger partial charge in [-0.25, -0.2) is 5.43 Å². The largest absolute Gasteiger partial charge is 0.489 e. The fraction of sp³-hybridized carbons (Fsp3) is 0.0588. The number of hydrogen-bond acceptors (Lipinski definition) is 6. The molecule has 0 aliphatic rings. The minimum Gasteiger partial charge on any atom is -0.489 e. The molecule has 0 unspecified atom stereocenters. The van der Waals surface area contributed by atoms with Gasteiger partial charge in [-0.15, -0.1) is 10.2 Å². The minimum atomic E-state index is -0.365. The minimum absolute atomic E-state index is 0.153. The van der Waals surface area contributed by atoms with Gasteiger partial charge in [-0.1, -0.05) is 41.4 Å². The maximum atomic E-state index is 11.1. The van der Waals surface area contributed by atoms with Crippen LogP contribution < -0.4 is 15.7 Å². The lowest BCUT2D eigenvalue weighted by atomic mass is 10.2. The van der Waals surface area contributed by atoms with Crippen molar-refractivity contribution in [3.63, 3.8) is 0 Å². The van der Waals surface area contributed by atoms with E-state index in [-0.39, 0.29) is 11.5 Å². The molecule has 0 saturated heterocycles. The molecule has 0 fully saturated rings. The molecule has 0 amide bonds. The predicted octanol–water partition coefficient (Wildman–Crippen LogP) is 3.50. The maximum absolute atomic E-state index is 11.1. The summed E-state index contributed by atoms with van der Waals surface area (Å²) in [4.78, 5) is 13.6. The van der Waals surface area contributed by atoms with E-state index >= 15 is 0 Å². The molecule has 7 nitrogen and oxygen atoms in total. The molecule has 1 aromatic heterocycles. The molecule has 132 valence electrons. The Labute approximate surface area is 158 Å². The lowest BCUT2D eigenvalue weighted by molar-refractivity contribution is 0.306. The van der Waals surface area contributed by atoms with Crippen molar-refractivity contribution in [3.8, 4) is 5.75 Å². The van der Waals surface area contributed by atoms with Crippen LogP contribution in [0.3, 0.4) is 0 Å². The third kappa shape index (κ3) is 5.05. The number of nitrogens with zero attached hydrogens (tertiary/aromatic N) is 3. The standard InChI is InChI=1S/C17H13Cl2N5O2/c18-14-5-4-12(7-15(14)19)10-26-13-3-1-2-11(6-13)8-20-23-17-22-16(25)9-21-24-17/h1-9H,10H2,(H2,22,23,24,25)/b20-8+. The van der Waals surface area contributed by atoms with Crippen molar-refractivity contribution in [1.29, 1.82) is 0 Å². The Kier molecular flexibility index (Phi) is 5.83. The molecule has 0 aliphatic heterocycles. The molecule has 0 spiro atoms. The maximum Gasteiger partial charge on any atom is 0.271 e. The van der Waals surface area contributed by atoms with E-state index in [1.54, 1.807) is 18.3 Å². The van der Waals surface area contributed by atoms with Crippen molar-refractivity contribution in [1.82, 2.24) is 15.2 Å². The molecule has 2 aromatic carbocycles. The fourth-order valence-corrected chi connectivity index (χ4v) is 2.33. The number of benzene rings is 2. The number of anilines is 1. The van der Waals surface area contributed by atoms with Gasteiger partial charge in [-0.3, -0.25) is 9.78 Å². The van der Waals surface area contributed by atoms with E-state index in [0.29, 0.717) is 22.4 Å². The molecule has 0 saturated carbocycles. The van der Waals surface area contributed by atoms with Crippen LogP contribution in [0.5, 0.6) is 5.75 Å². The topological polar surface area (TPSA) is 92.3 Å². The zero-order valence-electron chi connectivity index (χ0n) is 13.3. The highest BCUT2D eigenvalue weighted by atomic mass is 35.5. The summed E-state index contributed by atoms with van der Waals surface area (Å²) in [6.45, 7) is 0.358. The van der Waals surface area contributed by atoms with Gasteiger partial charge in [0.1, 0.15) is 18.6 Å². The summed E-state index contributed by atoms with van der Waals surface area (Å²) in [5.74, 6) is 0.828. The summed E-state index contributed by atoms with van der Waals surface area (Å²) in [6, 6.07) is 12.7. The number of halogens is 2. The number of hydrazone groups is 1. The summed E-state index contributed by atoms with van der Waals surface area (Å²) in [5.41, 5.74) is 3.94. The molecular formula is C17H13Cl2N5O2. The summed E-state index contributed by atoms with van der Waals surface area (Å²) in [5, 5.41) is 12.2. The number of H-pyrrole nitrogens is 1. The van der Waals surface area contributed by atoms with E-state index < -0.39 is 0 Å². The number of rotatable bonds is 6. The van der Waals surface area contributed by atoms with E-state index in [2.05, 4.69) is 25.7 Å². The summed E-state index contributed by atoms with van der Waals surface area (Å²) in [7, 11) is 0. The monoisotopic (exact) mass is 389 g/mol. The van der Waals surface area contributed by atoms with Gasteiger partial charge in [0.2, 0.25) is 5.95 Å². The SMILES string of the molecule is O=c1cnnc(N/N=C/c2cccc(OCc3ccc(Cl)c(Cl)c3)c2)[nH]1. The lowest BCUT2D eigenvalue weighted by Gasteiger charge is -2.08. The Morgan fingerprint density at radius 3 is 2.88 bits per heavy atom. The van der Waals surface area contributed by atoms with Crippen molar-refractivity contribution in [3.05, 3.63) is 80.2 Å². The number of nitrogens with one attached hydrogen (secondary N) is 2. The molecule has 3 aromatic rings. The number of aromatic nitrogens is 3. The van der Waals surface area contributed by atoms with Crippen LogP contribution in [-0.2, 0) is 6.61 Å². The van der Waals surface area contributed by atoms with Crippen LogP contribution in [0.2, 0.25) is 10.0 Å². The van der Waals surface area contributed by atoms with Crippen LogP contribution in [-0.4, -0.2) is 21.4 Å². The second-order valence-corrected chi connectivity index (χ2v) is 5.98. The molecule has 2 N–H and O–H groups in total. The Balaban J connectivity index is 1.61. The van der Waals surface area contributed by atoms with Gasteiger partial charge in [0.25, 0.3) is 5.56 Å². The van der Waals surface area contributed by atoms with E-state index in [9.17, 15) is 4.79 Å². The normalized spacial score (nSPS) is 10.8. The molecule has 0 atom stereocenters. The zero-order chi connectivity index (χ0) is 18.4. The highest BCUT2D eigenvalue weighted by molar-refractivity contribution is 6.42. The predicted molar refractivity (Wildman–Crippen MR) is 101 cm³/mol. The summed E-state index contributed by atoms with van der Waals surface area (Å²) >= 11 is 11.9. The molecule has 26 heavy (non-hydrogen) atoms. The molecule has 0 radical (unpaired) electrons. The lowest BCUT2D eigenvalue weighted by Crippen LogP contribution is -2.10. The number of aromatic amines is 1. The smallest absolute Gasteiger partial charge is 0.271 e. The second kappa shape index (κ2) is 8.46. The Hall–Kier alpha value is -2.90. The molecule has 0 aliphatic carbocycles. The van der Waals surface area contributed by atoms with Gasteiger partial charge in [-0.2, -0.15) is 5.10 Å². The van der Waals surface area contributed by atoms with Crippen molar-refractivity contribution >= 4 is 35.4 Å². The van der Waals surface area contributed by atoms with Crippen LogP contribution in [0.15, 0.2) is 58.6 Å². The van der Waals surface area contributed by atoms with Gasteiger partial charge in [0.05, 0.1) is 16.3 Å². The van der Waals surface area contributed by atoms with Crippen LogP contribution in [0.25, 0.3) is 0 Å². The Bertz CT molecular complexity index is 991. The molecule has 0 bridgehead atoms. The highest BCUT2D eigenvalue weighted by Gasteiger charge is 2.01. The Morgan fingerprint density at radius 2 is 2.08 bits per heavy atom. The summed E-state index contributed by atoms with van der Waals surface area (Å²) < 4.78 is 5.75. The quantitative estimate of drug-likeness (QED) is 0.497. The zero-order valence-corrected chi connectivity index (χ0v) is 14.8. The van der Waals surface area contributed by atoms with Crippen LogP contribution in [0.4, 0.5) is 5.95 Å². The third-order valence-electron chi connectivity index (χ3n) is 3.21. The first-order chi connectivity index (χ1) is 12.6. The van der Waals surface area contributed by atoms with E-state index in [1.165, 1.54) is 0 Å². The molecular weight excluding hydrogens is 377 g/mol. The first-order valence-corrected chi connectivity index (χ1v) is 8.23. The van der Waals surface area contributed by atoms with Crippen molar-refractivity contribution in [2.75, 3.05) is 5.43 Å². The highest BCUT2D eigenvalue weighted by Crippen LogP contribution is 2.23. The average molecular weight is 390 g/mol. The Morgan fingerprint density at radius 1 is 1.19 bits per heavy atom. The van der Waals surface area contributed by atoms with Gasteiger partial charge in [-0.05, 0) is 35.4 Å². The van der Waals surface area contributed by atoms with E-state index in [4.69, 9.17) is 27.9 Å². The van der Waals surface area contributed by atoms with Gasteiger partial charge < -0.3 is 4.74 Å². The molecule has 1 heterocycles. The average Bonchev–Trinajstić information content (AvgIpc) is 2.63. The molecule has 3 rings (SSSR count). The van der Waals surface area contributed by atoms with Crippen molar-refractivity contribution in [2.24, 2.45) is 5.10 Å². The first kappa shape index (κ1) is 17.9. The first-order valence-electron chi connectivity index (χ1n) is 7.48. The van der Waals surface area contributed by atoms with Crippen LogP contribution >= 0.6 is 23.2 Å². The van der Waals surface area contributed by atoms with Crippen molar-refractivity contribution in [2.45, 2.75) is 6.61 Å². The second-order valence-electron chi connectivity index (χ2n) is 5.16. The fourth-order valence-electron chi connectivity index (χ4n) is 2.01. The van der Waals surface area contributed by atoms with Crippen molar-refractivity contribution < 1.29 is 4.74 Å². The summed E-state index contributed by atoms with van der Waals surface area (Å²) in [6.07, 6.45) is 2.64. The number of ether oxygens (including phenoxy) is 1. The van der Waals surface area contributed by atoms with E-state index in [0.717, 1.165) is 17.3 Å². The number of hydrogen-bond donors (Lipinski definition) is 2. The molecule has 9 heteroatoms. The third-order valence-corrected chi connectivity index (χ3v) is 3.95. The van der Waals surface area contributed by atoms with Gasteiger partial charge in [0.15, 0.2) is 0 Å². The van der Waals surface area contributed by atoms with Crippen LogP contribution in [0.1, 0.15) is 11.1 Å². The van der Waals surface area contributed by atoms with Gasteiger partial charge >= 0.3 is 0 Å². The van der Waals surface area contributed by atoms with Crippen LogP contribution in [0, 0.1) is 0 Å². The van der Waals surface area contributed by atoms with E-state index in [1.807, 2.05) is 30.3 Å².